The van der Waals surface area contributed by atoms with Gasteiger partial charge in [0.1, 0.15) is 30.4 Å². The number of alkyl halides is 8. The summed E-state index contributed by atoms with van der Waals surface area (Å²) in [7, 11) is -8.62. The Morgan fingerprint density at radius 1 is 0.944 bits per heavy atom. The van der Waals surface area contributed by atoms with Gasteiger partial charge < -0.3 is 10.4 Å². The highest BCUT2D eigenvalue weighted by molar-refractivity contribution is 7.93. The van der Waals surface area contributed by atoms with Crippen molar-refractivity contribution in [3.63, 3.8) is 0 Å². The number of carbonyl (C=O) groups excluding carboxylic acids is 2. The van der Waals surface area contributed by atoms with Crippen LogP contribution < -0.4 is 9.62 Å². The molecular weight excluding hydrogens is 1040 g/mol. The van der Waals surface area contributed by atoms with Crippen LogP contribution in [0.25, 0.3) is 22.0 Å². The first-order valence-corrected chi connectivity index (χ1v) is 25.6. The molecule has 0 radical (unpaired) electrons. The maximum atomic E-state index is 15.6. The Morgan fingerprint density at radius 3 is 2.14 bits per heavy atom. The van der Waals surface area contributed by atoms with E-state index in [0.717, 1.165) is 37.4 Å². The molecule has 1 saturated carbocycles. The number of pyridine rings is 1. The molecule has 0 aliphatic heterocycles. The van der Waals surface area contributed by atoms with Gasteiger partial charge in [-0.15, -0.1) is 0 Å². The van der Waals surface area contributed by atoms with Crippen LogP contribution in [0.1, 0.15) is 85.9 Å². The molecule has 1 unspecified atom stereocenters. The lowest BCUT2D eigenvalue weighted by Gasteiger charge is -2.25. The number of hydrogen-bond acceptors (Lipinski definition) is 10. The van der Waals surface area contributed by atoms with Crippen molar-refractivity contribution >= 4 is 66.0 Å². The van der Waals surface area contributed by atoms with Crippen molar-refractivity contribution in [2.24, 2.45) is 11.8 Å². The van der Waals surface area contributed by atoms with Crippen molar-refractivity contribution in [1.29, 1.82) is 0 Å². The van der Waals surface area contributed by atoms with Gasteiger partial charge in [-0.05, 0) is 75.3 Å². The molecule has 2 N–H and O–H groups in total. The number of hydrogen-bond donors (Lipinski definition) is 2. The highest BCUT2D eigenvalue weighted by atomic mass is 35.5. The summed E-state index contributed by atoms with van der Waals surface area (Å²) in [5.74, 6) is -15.7. The van der Waals surface area contributed by atoms with Gasteiger partial charge in [0.2, 0.25) is 21.8 Å². The number of benzene rings is 2. The Bertz CT molecular complexity index is 3250. The molecule has 7 rings (SSSR count). The van der Waals surface area contributed by atoms with E-state index < -0.39 is 166 Å². The van der Waals surface area contributed by atoms with Crippen LogP contribution in [0.15, 0.2) is 42.5 Å². The van der Waals surface area contributed by atoms with Crippen LogP contribution in [0, 0.1) is 23.5 Å². The van der Waals surface area contributed by atoms with Crippen LogP contribution in [0.2, 0.25) is 5.02 Å². The van der Waals surface area contributed by atoms with Crippen molar-refractivity contribution in [2.45, 2.75) is 101 Å². The van der Waals surface area contributed by atoms with E-state index in [9.17, 15) is 71.4 Å². The molecule has 1 fully saturated rings. The summed E-state index contributed by atoms with van der Waals surface area (Å²) in [6, 6.07) is 5.04. The molecule has 72 heavy (non-hydrogen) atoms. The lowest BCUT2D eigenvalue weighted by molar-refractivity contribution is -0.143. The summed E-state index contributed by atoms with van der Waals surface area (Å²) >= 11 is 6.62. The predicted octanol–water partition coefficient (Wildman–Crippen LogP) is 8.28. The SMILES string of the molecule is C[C@H](CC(=O)O)C(=O)N(c1nn(CC(F)(F)F)c2c(-c3ccc(CCC(C)(C)S(C)(=O)=O)nc3[C@H](Cc3cc(F)cc(F)c3)NC(=O)Cn3nc(C(F)(F)F)c4c3C(F)(F)C3C[C@H]43)ccc(Cl)c12)S(C)(=O)=O. The molecule has 2 amide bonds. The maximum Gasteiger partial charge on any atom is 0.435 e. The molecule has 5 aromatic rings. The van der Waals surface area contributed by atoms with Crippen molar-refractivity contribution in [2.75, 3.05) is 16.8 Å². The van der Waals surface area contributed by atoms with E-state index in [1.807, 2.05) is 0 Å². The third-order valence-electron chi connectivity index (χ3n) is 12.6. The van der Waals surface area contributed by atoms with Gasteiger partial charge in [0.05, 0.1) is 45.1 Å². The van der Waals surface area contributed by atoms with Gasteiger partial charge in [-0.1, -0.05) is 30.7 Å². The Morgan fingerprint density at radius 2 is 1.57 bits per heavy atom. The first-order chi connectivity index (χ1) is 33.0. The number of aromatic nitrogens is 5. The molecule has 28 heteroatoms. The number of anilines is 1. The Labute approximate surface area is 408 Å². The number of nitrogens with zero attached hydrogens (tertiary/aromatic N) is 6. The fourth-order valence-corrected chi connectivity index (χ4v) is 10.5. The molecule has 2 aromatic carbocycles. The molecule has 2 aliphatic rings. The minimum Gasteiger partial charge on any atom is -0.481 e. The number of sulfonamides is 1. The second kappa shape index (κ2) is 18.6. The molecule has 3 aromatic heterocycles. The van der Waals surface area contributed by atoms with Gasteiger partial charge in [-0.2, -0.15) is 49.6 Å². The molecule has 15 nitrogen and oxygen atoms in total. The normalized spacial score (nSPS) is 17.6. The zero-order valence-electron chi connectivity index (χ0n) is 38.3. The molecule has 0 saturated heterocycles. The van der Waals surface area contributed by atoms with Crippen LogP contribution in [-0.2, 0) is 72.3 Å². The lowest BCUT2D eigenvalue weighted by Crippen LogP contribution is -2.40. The Kier molecular flexibility index (Phi) is 13.9. The van der Waals surface area contributed by atoms with Gasteiger partial charge in [0.25, 0.3) is 5.92 Å². The average molecular weight is 1090 g/mol. The number of sulfone groups is 1. The molecule has 0 spiro atoms. The van der Waals surface area contributed by atoms with E-state index in [-0.39, 0.29) is 55.3 Å². The van der Waals surface area contributed by atoms with Crippen LogP contribution in [0.5, 0.6) is 0 Å². The van der Waals surface area contributed by atoms with Crippen molar-refractivity contribution in [3.8, 4) is 11.1 Å². The number of rotatable bonds is 17. The number of nitrogens with one attached hydrogen (secondary N) is 1. The highest BCUT2D eigenvalue weighted by Crippen LogP contribution is 2.68. The summed E-state index contributed by atoms with van der Waals surface area (Å²) in [6.45, 7) is 0.534. The van der Waals surface area contributed by atoms with Gasteiger partial charge in [-0.3, -0.25) is 28.7 Å². The van der Waals surface area contributed by atoms with Gasteiger partial charge in [0.15, 0.2) is 21.3 Å². The van der Waals surface area contributed by atoms with Crippen LogP contribution in [-0.4, -0.2) is 87.7 Å². The smallest absolute Gasteiger partial charge is 0.435 e. The molecule has 390 valence electrons. The number of carboxylic acid groups (broad SMARTS) is 1. The summed E-state index contributed by atoms with van der Waals surface area (Å²) in [4.78, 5) is 44.2. The number of aliphatic carboxylic acids is 1. The molecule has 4 atom stereocenters. The Balaban J connectivity index is 1.47. The summed E-state index contributed by atoms with van der Waals surface area (Å²) < 4.78 is 198. The summed E-state index contributed by atoms with van der Waals surface area (Å²) in [6.07, 6.45) is -11.1. The largest absolute Gasteiger partial charge is 0.481 e. The second-order valence-electron chi connectivity index (χ2n) is 18.5. The van der Waals surface area contributed by atoms with E-state index >= 15 is 8.78 Å². The zero-order valence-corrected chi connectivity index (χ0v) is 40.7. The number of amides is 2. The van der Waals surface area contributed by atoms with E-state index in [1.165, 1.54) is 26.0 Å². The fraction of sp³-hybridized carbons (Fsp3) is 0.455. The average Bonchev–Trinajstić information content (AvgIpc) is 3.73. The van der Waals surface area contributed by atoms with Gasteiger partial charge >= 0.3 is 18.3 Å². The number of halogens is 11. The van der Waals surface area contributed by atoms with E-state index in [2.05, 4.69) is 20.5 Å². The van der Waals surface area contributed by atoms with E-state index in [1.54, 1.807) is 0 Å². The summed E-state index contributed by atoms with van der Waals surface area (Å²) in [5.41, 5.74) is -5.44. The fourth-order valence-electron chi connectivity index (χ4n) is 8.79. The minimum absolute atomic E-state index is 0.0119. The molecule has 2 aliphatic carbocycles. The number of carboxylic acids is 1. The zero-order chi connectivity index (χ0) is 53.6. The first kappa shape index (κ1) is 54.0. The third-order valence-corrected chi connectivity index (χ3v) is 16.1. The van der Waals surface area contributed by atoms with Crippen molar-refractivity contribution < 1.29 is 80.2 Å². The summed E-state index contributed by atoms with van der Waals surface area (Å²) in [5, 5.41) is 18.0. The van der Waals surface area contributed by atoms with Crippen molar-refractivity contribution in [1.82, 2.24) is 29.9 Å². The van der Waals surface area contributed by atoms with Crippen LogP contribution in [0.4, 0.5) is 49.7 Å². The lowest BCUT2D eigenvalue weighted by atomic mass is 9.93. The molecular formula is C44H42ClF10N7O8S2. The molecule has 3 heterocycles. The molecule has 0 bridgehead atoms. The Hall–Kier alpha value is -5.83. The number of aryl methyl sites for hydroxylation is 1. The third kappa shape index (κ3) is 10.8. The standard InChI is InChI=1S/C44H42ClF10N7O8S2/c1-20(12-32(64)65)40(66)62(72(5,69)70)39-34-29(45)9-8-26(36(34)61(59-39)19-42(48,49)50)25-7-6-24(10-11-41(2,3)71(4,67)68)56-35(25)30(15-21-13-22(46)16-23(47)14-21)57-31(63)18-60-38-33(37(58-60)44(53,54)55)27-17-28(27)43(38,51)52/h6-9,13-14,16,20,27-28,30H,10-12,15,17-19H2,1-5H3,(H,57,63)(H,64,65)/t20-,27+,28?,30+/m1/s1. The van der Waals surface area contributed by atoms with Gasteiger partial charge in [-0.25, -0.2) is 25.6 Å². The number of fused-ring (bicyclic) bond motifs is 4. The van der Waals surface area contributed by atoms with Crippen molar-refractivity contribution in [3.05, 3.63) is 93.0 Å². The second-order valence-corrected chi connectivity index (χ2v) is 23.4. The van der Waals surface area contributed by atoms with Crippen LogP contribution in [0.3, 0.4) is 0 Å². The highest BCUT2D eigenvalue weighted by Gasteiger charge is 2.68. The first-order valence-electron chi connectivity index (χ1n) is 21.5. The van der Waals surface area contributed by atoms with Crippen LogP contribution >= 0.6 is 11.6 Å². The number of carbonyl (C=O) groups is 3. The topological polar surface area (TPSA) is 204 Å². The predicted molar refractivity (Wildman–Crippen MR) is 238 cm³/mol. The maximum absolute atomic E-state index is 15.6. The van der Waals surface area contributed by atoms with E-state index in [0.29, 0.717) is 12.3 Å². The minimum atomic E-state index is -5.22. The quantitative estimate of drug-likeness (QED) is 0.0849. The van der Waals surface area contributed by atoms with Gasteiger partial charge in [0, 0.05) is 46.5 Å². The monoisotopic (exact) mass is 1090 g/mol. The van der Waals surface area contributed by atoms with E-state index in [4.69, 9.17) is 11.6 Å².